The summed E-state index contributed by atoms with van der Waals surface area (Å²) in [5.74, 6) is 0. The van der Waals surface area contributed by atoms with E-state index in [0.717, 1.165) is 28.8 Å². The van der Waals surface area contributed by atoms with Gasteiger partial charge in [-0.1, -0.05) is 41.4 Å². The Morgan fingerprint density at radius 2 is 2.00 bits per heavy atom. The van der Waals surface area contributed by atoms with Crippen LogP contribution >= 0.6 is 23.2 Å². The number of aryl methyl sites for hydroxylation is 1. The molecule has 1 atom stereocenters. The highest BCUT2D eigenvalue weighted by Gasteiger charge is 2.37. The third-order valence-corrected chi connectivity index (χ3v) is 4.81. The Bertz CT molecular complexity index is 672. The summed E-state index contributed by atoms with van der Waals surface area (Å²) >= 11 is 12.3. The van der Waals surface area contributed by atoms with E-state index < -0.39 is 5.60 Å². The molecule has 2 aromatic carbocycles. The predicted octanol–water partition coefficient (Wildman–Crippen LogP) is 3.95. The molecule has 0 saturated carbocycles. The average molecular weight is 308 g/mol. The highest BCUT2D eigenvalue weighted by molar-refractivity contribution is 6.42. The Morgan fingerprint density at radius 3 is 2.80 bits per heavy atom. The summed E-state index contributed by atoms with van der Waals surface area (Å²) in [7, 11) is 0. The molecule has 0 heterocycles. The lowest BCUT2D eigenvalue weighted by atomic mass is 9.88. The van der Waals surface area contributed by atoms with Crippen molar-refractivity contribution in [2.75, 3.05) is 5.73 Å². The van der Waals surface area contributed by atoms with Crippen LogP contribution in [0.5, 0.6) is 0 Å². The fraction of sp³-hybridized carbons (Fsp3) is 0.250. The molecule has 0 bridgehead atoms. The second-order valence-corrected chi connectivity index (χ2v) is 6.12. The number of fused-ring (bicyclic) bond motifs is 1. The minimum atomic E-state index is -0.892. The normalized spacial score (nSPS) is 20.9. The molecule has 3 N–H and O–H groups in total. The zero-order valence-electron chi connectivity index (χ0n) is 10.9. The number of aliphatic hydroxyl groups is 1. The van der Waals surface area contributed by atoms with Crippen LogP contribution in [0.3, 0.4) is 0 Å². The summed E-state index contributed by atoms with van der Waals surface area (Å²) < 4.78 is 0. The first-order chi connectivity index (χ1) is 9.49. The number of hydrogen-bond acceptors (Lipinski definition) is 2. The van der Waals surface area contributed by atoms with Gasteiger partial charge in [-0.15, -0.1) is 0 Å². The number of nitrogen functional groups attached to an aromatic ring is 1. The van der Waals surface area contributed by atoms with Gasteiger partial charge in [-0.05, 0) is 47.7 Å². The molecular formula is C16H15Cl2NO. The molecule has 2 nitrogen and oxygen atoms in total. The van der Waals surface area contributed by atoms with Crippen molar-refractivity contribution in [2.24, 2.45) is 0 Å². The number of hydrogen-bond donors (Lipinski definition) is 2. The van der Waals surface area contributed by atoms with E-state index >= 15 is 0 Å². The Labute approximate surface area is 128 Å². The van der Waals surface area contributed by atoms with E-state index in [1.165, 1.54) is 0 Å². The van der Waals surface area contributed by atoms with Crippen LogP contribution in [0, 0.1) is 0 Å². The van der Waals surface area contributed by atoms with E-state index in [0.29, 0.717) is 22.9 Å². The molecule has 0 radical (unpaired) electrons. The van der Waals surface area contributed by atoms with Crippen molar-refractivity contribution in [3.63, 3.8) is 0 Å². The molecular weight excluding hydrogens is 293 g/mol. The quantitative estimate of drug-likeness (QED) is 0.825. The van der Waals surface area contributed by atoms with E-state index in [2.05, 4.69) is 0 Å². The second-order valence-electron chi connectivity index (χ2n) is 5.34. The van der Waals surface area contributed by atoms with Gasteiger partial charge >= 0.3 is 0 Å². The maximum atomic E-state index is 11.0. The van der Waals surface area contributed by atoms with Crippen molar-refractivity contribution in [3.8, 4) is 0 Å². The predicted molar refractivity (Wildman–Crippen MR) is 83.2 cm³/mol. The van der Waals surface area contributed by atoms with Crippen molar-refractivity contribution in [1.82, 2.24) is 0 Å². The van der Waals surface area contributed by atoms with Crippen molar-refractivity contribution < 1.29 is 5.11 Å². The smallest absolute Gasteiger partial charge is 0.0943 e. The van der Waals surface area contributed by atoms with Gasteiger partial charge in [0, 0.05) is 12.1 Å². The molecule has 0 aliphatic heterocycles. The third-order valence-electron chi connectivity index (χ3n) is 3.95. The molecule has 3 rings (SSSR count). The van der Waals surface area contributed by atoms with Gasteiger partial charge in [0.05, 0.1) is 15.6 Å². The molecule has 0 spiro atoms. The Hall–Kier alpha value is -1.22. The zero-order valence-corrected chi connectivity index (χ0v) is 12.4. The van der Waals surface area contributed by atoms with Gasteiger partial charge < -0.3 is 10.8 Å². The third kappa shape index (κ3) is 2.28. The highest BCUT2D eigenvalue weighted by atomic mass is 35.5. The lowest BCUT2D eigenvalue weighted by molar-refractivity contribution is 0.0390. The van der Waals surface area contributed by atoms with Crippen LogP contribution in [-0.2, 0) is 18.4 Å². The molecule has 1 aliphatic carbocycles. The van der Waals surface area contributed by atoms with E-state index in [-0.39, 0.29) is 0 Å². The molecule has 2 aromatic rings. The largest absolute Gasteiger partial charge is 0.399 e. The maximum absolute atomic E-state index is 11.0. The Morgan fingerprint density at radius 1 is 1.20 bits per heavy atom. The van der Waals surface area contributed by atoms with Crippen LogP contribution in [0.2, 0.25) is 10.0 Å². The summed E-state index contributed by atoms with van der Waals surface area (Å²) in [6.45, 7) is 0. The fourth-order valence-corrected chi connectivity index (χ4v) is 3.32. The first-order valence-electron chi connectivity index (χ1n) is 6.54. The topological polar surface area (TPSA) is 46.2 Å². The van der Waals surface area contributed by atoms with Crippen molar-refractivity contribution >= 4 is 28.9 Å². The summed E-state index contributed by atoms with van der Waals surface area (Å²) in [5, 5.41) is 12.0. The minimum absolute atomic E-state index is 0.462. The molecule has 0 fully saturated rings. The van der Waals surface area contributed by atoms with E-state index in [4.69, 9.17) is 28.9 Å². The van der Waals surface area contributed by atoms with Crippen molar-refractivity contribution in [1.29, 1.82) is 0 Å². The number of halogens is 2. The van der Waals surface area contributed by atoms with Crippen LogP contribution in [0.4, 0.5) is 5.69 Å². The lowest BCUT2D eigenvalue weighted by Crippen LogP contribution is -2.25. The lowest BCUT2D eigenvalue weighted by Gasteiger charge is -2.25. The van der Waals surface area contributed by atoms with Gasteiger partial charge in [-0.2, -0.15) is 0 Å². The number of benzene rings is 2. The van der Waals surface area contributed by atoms with Gasteiger partial charge in [-0.3, -0.25) is 0 Å². The highest BCUT2D eigenvalue weighted by Crippen LogP contribution is 2.41. The summed E-state index contributed by atoms with van der Waals surface area (Å²) in [6.07, 6.45) is 1.97. The van der Waals surface area contributed by atoms with E-state index in [9.17, 15) is 5.11 Å². The van der Waals surface area contributed by atoms with Gasteiger partial charge in [0.2, 0.25) is 0 Å². The molecule has 0 amide bonds. The number of anilines is 1. The monoisotopic (exact) mass is 307 g/mol. The van der Waals surface area contributed by atoms with Crippen LogP contribution in [0.15, 0.2) is 36.4 Å². The van der Waals surface area contributed by atoms with Gasteiger partial charge in [0.1, 0.15) is 0 Å². The van der Waals surface area contributed by atoms with Crippen LogP contribution in [0.25, 0.3) is 0 Å². The molecule has 1 unspecified atom stereocenters. The average Bonchev–Trinajstić information content (AvgIpc) is 2.72. The van der Waals surface area contributed by atoms with Gasteiger partial charge in [-0.25, -0.2) is 0 Å². The van der Waals surface area contributed by atoms with Crippen LogP contribution in [0.1, 0.15) is 23.1 Å². The number of nitrogens with two attached hydrogens (primary N) is 1. The molecule has 104 valence electrons. The molecule has 0 aromatic heterocycles. The van der Waals surface area contributed by atoms with E-state index in [1.807, 2.05) is 30.3 Å². The molecule has 20 heavy (non-hydrogen) atoms. The first kappa shape index (κ1) is 13.7. The minimum Gasteiger partial charge on any atom is -0.399 e. The maximum Gasteiger partial charge on any atom is 0.0943 e. The summed E-state index contributed by atoms with van der Waals surface area (Å²) in [4.78, 5) is 0. The van der Waals surface area contributed by atoms with Gasteiger partial charge in [0.15, 0.2) is 0 Å². The summed E-state index contributed by atoms with van der Waals surface area (Å²) in [6, 6.07) is 11.2. The Balaban J connectivity index is 1.98. The van der Waals surface area contributed by atoms with Crippen molar-refractivity contribution in [2.45, 2.75) is 24.9 Å². The zero-order chi connectivity index (χ0) is 14.3. The van der Waals surface area contributed by atoms with Gasteiger partial charge in [0.25, 0.3) is 0 Å². The van der Waals surface area contributed by atoms with Crippen molar-refractivity contribution in [3.05, 3.63) is 63.1 Å². The number of rotatable bonds is 2. The SMILES string of the molecule is Nc1ccc2c(c1)CCC2(O)Cc1cccc(Cl)c1Cl. The Kier molecular flexibility index (Phi) is 3.41. The van der Waals surface area contributed by atoms with E-state index in [1.54, 1.807) is 6.07 Å². The first-order valence-corrected chi connectivity index (χ1v) is 7.29. The molecule has 0 saturated heterocycles. The molecule has 1 aliphatic rings. The second kappa shape index (κ2) is 4.96. The fourth-order valence-electron chi connectivity index (χ4n) is 2.93. The van der Waals surface area contributed by atoms with Crippen LogP contribution < -0.4 is 5.73 Å². The summed E-state index contributed by atoms with van der Waals surface area (Å²) in [5.41, 5.74) is 8.56. The standard InChI is InChI=1S/C16H15Cl2NO/c17-14-3-1-2-11(15(14)18)9-16(20)7-6-10-8-12(19)4-5-13(10)16/h1-5,8,20H,6-7,9,19H2. The molecule has 4 heteroatoms. The van der Waals surface area contributed by atoms with Crippen LogP contribution in [-0.4, -0.2) is 5.11 Å².